The molecule has 38 heavy (non-hydrogen) atoms. The van der Waals surface area contributed by atoms with E-state index >= 15 is 0 Å². The zero-order valence-corrected chi connectivity index (χ0v) is 21.8. The average Bonchev–Trinajstić information content (AvgIpc) is 3.64. The first-order chi connectivity index (χ1) is 18.2. The number of hydrogen-bond acceptors (Lipinski definition) is 8. The van der Waals surface area contributed by atoms with Crippen molar-refractivity contribution in [3.63, 3.8) is 0 Å². The van der Waals surface area contributed by atoms with Crippen LogP contribution in [0.4, 0.5) is 21.7 Å². The Morgan fingerprint density at radius 1 is 1.32 bits per heavy atom. The SMILES string of the molecule is CCS(=O)(=O)N1CCCC1C(=O)Nc1cccc2c(-c3nc(Nc4cn(C)nc4OC)ncc3F)c[nH]c12. The molecular formula is C24H27FN8O4S. The molecule has 0 spiro atoms. The van der Waals surface area contributed by atoms with E-state index in [1.54, 1.807) is 49.2 Å². The number of halogens is 1. The minimum Gasteiger partial charge on any atom is -0.478 e. The van der Waals surface area contributed by atoms with Crippen molar-refractivity contribution in [1.82, 2.24) is 29.0 Å². The first-order valence-electron chi connectivity index (χ1n) is 12.0. The third-order valence-electron chi connectivity index (χ3n) is 6.44. The van der Waals surface area contributed by atoms with Gasteiger partial charge in [-0.2, -0.15) is 4.31 Å². The van der Waals surface area contributed by atoms with Crippen LogP contribution in [0.15, 0.2) is 36.8 Å². The van der Waals surface area contributed by atoms with Gasteiger partial charge in [-0.05, 0) is 25.8 Å². The van der Waals surface area contributed by atoms with Gasteiger partial charge in [0, 0.05) is 30.7 Å². The number of aryl methyl sites for hydroxylation is 1. The third kappa shape index (κ3) is 4.67. The predicted octanol–water partition coefficient (Wildman–Crippen LogP) is 3.00. The number of anilines is 3. The molecule has 1 fully saturated rings. The summed E-state index contributed by atoms with van der Waals surface area (Å²) in [6, 6.07) is 4.43. The van der Waals surface area contributed by atoms with E-state index in [2.05, 4.69) is 30.7 Å². The predicted molar refractivity (Wildman–Crippen MR) is 140 cm³/mol. The standard InChI is InChI=1S/C24H27FN8O4S/c1-4-38(35,36)33-10-6-9-19(33)22(34)28-17-8-5-7-14-15(11-26-21(14)17)20-16(25)12-27-24(30-20)29-18-13-32(2)31-23(18)37-3/h5,7-8,11-13,19,26H,4,6,9-10H2,1-3H3,(H,28,34)(H,27,29,30). The Morgan fingerprint density at radius 2 is 2.13 bits per heavy atom. The van der Waals surface area contributed by atoms with E-state index < -0.39 is 27.8 Å². The zero-order valence-electron chi connectivity index (χ0n) is 21.0. The van der Waals surface area contributed by atoms with Gasteiger partial charge in [-0.15, -0.1) is 5.10 Å². The van der Waals surface area contributed by atoms with Gasteiger partial charge in [0.05, 0.1) is 36.5 Å². The Labute approximate surface area is 218 Å². The van der Waals surface area contributed by atoms with Gasteiger partial charge in [-0.25, -0.2) is 22.8 Å². The number of carbonyl (C=O) groups excluding carboxylic acids is 1. The number of carbonyl (C=O) groups is 1. The molecule has 0 aliphatic carbocycles. The first-order valence-corrected chi connectivity index (χ1v) is 13.6. The summed E-state index contributed by atoms with van der Waals surface area (Å²) in [5.74, 6) is -0.628. The van der Waals surface area contributed by atoms with E-state index in [-0.39, 0.29) is 17.4 Å². The van der Waals surface area contributed by atoms with Crippen LogP contribution < -0.4 is 15.4 Å². The van der Waals surface area contributed by atoms with Crippen molar-refractivity contribution >= 4 is 44.2 Å². The molecule has 0 bridgehead atoms. The van der Waals surface area contributed by atoms with Crippen LogP contribution in [0.5, 0.6) is 5.88 Å². The van der Waals surface area contributed by atoms with Gasteiger partial charge in [0.25, 0.3) is 5.88 Å². The molecule has 1 aromatic carbocycles. The molecule has 4 heterocycles. The number of nitrogens with zero attached hydrogens (tertiary/aromatic N) is 5. The van der Waals surface area contributed by atoms with E-state index in [9.17, 15) is 17.6 Å². The number of H-pyrrole nitrogens is 1. The maximum Gasteiger partial charge on any atom is 0.256 e. The lowest BCUT2D eigenvalue weighted by Crippen LogP contribution is -2.43. The van der Waals surface area contributed by atoms with Crippen LogP contribution in [-0.2, 0) is 21.9 Å². The quantitative estimate of drug-likeness (QED) is 0.308. The molecule has 14 heteroatoms. The number of rotatable bonds is 8. The molecule has 1 aliphatic rings. The monoisotopic (exact) mass is 542 g/mol. The second-order valence-corrected chi connectivity index (χ2v) is 11.0. The molecular weight excluding hydrogens is 515 g/mol. The van der Waals surface area contributed by atoms with E-state index in [0.29, 0.717) is 53.1 Å². The summed E-state index contributed by atoms with van der Waals surface area (Å²) in [7, 11) is -0.282. The van der Waals surface area contributed by atoms with Crippen LogP contribution in [0.2, 0.25) is 0 Å². The maximum absolute atomic E-state index is 14.9. The Hall–Kier alpha value is -4.04. The van der Waals surface area contributed by atoms with Crippen LogP contribution in [0.25, 0.3) is 22.2 Å². The van der Waals surface area contributed by atoms with Crippen molar-refractivity contribution in [3.8, 4) is 17.1 Å². The lowest BCUT2D eigenvalue weighted by atomic mass is 10.1. The molecule has 1 saturated heterocycles. The van der Waals surface area contributed by atoms with Gasteiger partial charge in [0.15, 0.2) is 5.82 Å². The molecule has 1 atom stereocenters. The minimum absolute atomic E-state index is 0.0519. The largest absolute Gasteiger partial charge is 0.478 e. The highest BCUT2D eigenvalue weighted by Crippen LogP contribution is 2.34. The summed E-state index contributed by atoms with van der Waals surface area (Å²) in [6.45, 7) is 1.88. The van der Waals surface area contributed by atoms with Gasteiger partial charge < -0.3 is 20.4 Å². The second kappa shape index (κ2) is 10.0. The lowest BCUT2D eigenvalue weighted by molar-refractivity contribution is -0.119. The Morgan fingerprint density at radius 3 is 2.89 bits per heavy atom. The zero-order chi connectivity index (χ0) is 27.0. The number of benzene rings is 1. The smallest absolute Gasteiger partial charge is 0.256 e. The summed E-state index contributed by atoms with van der Waals surface area (Å²) in [5.41, 5.74) is 2.04. The number of aromatic nitrogens is 5. The first kappa shape index (κ1) is 25.6. The van der Waals surface area contributed by atoms with Crippen molar-refractivity contribution in [3.05, 3.63) is 42.6 Å². The van der Waals surface area contributed by atoms with Crippen LogP contribution in [0.1, 0.15) is 19.8 Å². The van der Waals surface area contributed by atoms with Crippen molar-refractivity contribution in [2.75, 3.05) is 30.0 Å². The Bertz CT molecular complexity index is 1620. The molecule has 200 valence electrons. The van der Waals surface area contributed by atoms with Crippen LogP contribution in [0, 0.1) is 5.82 Å². The number of hydrogen-bond donors (Lipinski definition) is 3. The Kier molecular flexibility index (Phi) is 6.75. The van der Waals surface area contributed by atoms with Gasteiger partial charge in [-0.1, -0.05) is 12.1 Å². The molecule has 4 aromatic rings. The van der Waals surface area contributed by atoms with Crippen molar-refractivity contribution < 1.29 is 22.3 Å². The number of methoxy groups -OCH3 is 1. The molecule has 12 nitrogen and oxygen atoms in total. The number of sulfonamides is 1. The van der Waals surface area contributed by atoms with E-state index in [0.717, 1.165) is 6.20 Å². The molecule has 5 rings (SSSR count). The summed E-state index contributed by atoms with van der Waals surface area (Å²) in [6.07, 6.45) is 5.41. The van der Waals surface area contributed by atoms with Crippen LogP contribution >= 0.6 is 0 Å². The van der Waals surface area contributed by atoms with Gasteiger partial charge in [0.1, 0.15) is 17.4 Å². The summed E-state index contributed by atoms with van der Waals surface area (Å²) < 4.78 is 47.8. The van der Waals surface area contributed by atoms with Gasteiger partial charge in [0.2, 0.25) is 21.9 Å². The highest BCUT2D eigenvalue weighted by atomic mass is 32.2. The number of para-hydroxylation sites is 1. The molecule has 3 N–H and O–H groups in total. The third-order valence-corrected chi connectivity index (χ3v) is 8.32. The van der Waals surface area contributed by atoms with Crippen molar-refractivity contribution in [2.45, 2.75) is 25.8 Å². The van der Waals surface area contributed by atoms with E-state index in [1.165, 1.54) is 11.4 Å². The normalized spacial score (nSPS) is 16.2. The topological polar surface area (TPSA) is 147 Å². The highest BCUT2D eigenvalue weighted by Gasteiger charge is 2.37. The summed E-state index contributed by atoms with van der Waals surface area (Å²) >= 11 is 0. The fourth-order valence-electron chi connectivity index (χ4n) is 4.61. The fourth-order valence-corrected chi connectivity index (χ4v) is 5.94. The van der Waals surface area contributed by atoms with Gasteiger partial charge >= 0.3 is 0 Å². The van der Waals surface area contributed by atoms with Gasteiger partial charge in [-0.3, -0.25) is 9.48 Å². The molecule has 3 aromatic heterocycles. The average molecular weight is 543 g/mol. The number of amides is 1. The van der Waals surface area contributed by atoms with Crippen molar-refractivity contribution in [2.24, 2.45) is 7.05 Å². The molecule has 1 amide bonds. The number of ether oxygens (including phenoxy) is 1. The summed E-state index contributed by atoms with van der Waals surface area (Å²) in [5, 5.41) is 10.6. The molecule has 0 radical (unpaired) electrons. The van der Waals surface area contributed by atoms with Crippen LogP contribution in [0.3, 0.4) is 0 Å². The fraction of sp³-hybridized carbons (Fsp3) is 0.333. The highest BCUT2D eigenvalue weighted by molar-refractivity contribution is 7.89. The lowest BCUT2D eigenvalue weighted by Gasteiger charge is -2.22. The minimum atomic E-state index is -3.50. The Balaban J connectivity index is 1.45. The van der Waals surface area contributed by atoms with Crippen molar-refractivity contribution in [1.29, 1.82) is 0 Å². The summed E-state index contributed by atoms with van der Waals surface area (Å²) in [4.78, 5) is 24.6. The molecule has 1 unspecified atom stereocenters. The second-order valence-electron chi connectivity index (χ2n) is 8.83. The van der Waals surface area contributed by atoms with Crippen LogP contribution in [-0.4, -0.2) is 68.8 Å². The maximum atomic E-state index is 14.9. The number of nitrogens with one attached hydrogen (secondary N) is 3. The molecule has 0 saturated carbocycles. The van der Waals surface area contributed by atoms with E-state index in [1.807, 2.05) is 0 Å². The molecule has 1 aliphatic heterocycles. The number of aromatic amines is 1. The number of fused-ring (bicyclic) bond motifs is 1. The van der Waals surface area contributed by atoms with E-state index in [4.69, 9.17) is 4.74 Å².